The summed E-state index contributed by atoms with van der Waals surface area (Å²) in [5.74, 6) is -4.35. The van der Waals surface area contributed by atoms with Gasteiger partial charge in [-0.2, -0.15) is 0 Å². The summed E-state index contributed by atoms with van der Waals surface area (Å²) in [5, 5.41) is 17.6. The van der Waals surface area contributed by atoms with Crippen LogP contribution in [0.15, 0.2) is 12.2 Å². The van der Waals surface area contributed by atoms with Crippen LogP contribution in [0.25, 0.3) is 0 Å². The van der Waals surface area contributed by atoms with E-state index in [-0.39, 0.29) is 6.61 Å². The Labute approximate surface area is 97.9 Å². The number of rotatable bonds is 5. The SMILES string of the molecule is CCOC(=O)C1(C(=O)O)C(C)C1C=CC(=O)O. The van der Waals surface area contributed by atoms with Gasteiger partial charge in [0.15, 0.2) is 5.41 Å². The standard InChI is InChI=1S/C11H14O6/c1-3-17-10(16)11(9(14)15)6(2)7(11)4-5-8(12)13/h4-7H,3H2,1-2H3,(H,12,13)(H,14,15). The molecule has 0 heterocycles. The molecule has 0 radical (unpaired) electrons. The lowest BCUT2D eigenvalue weighted by Crippen LogP contribution is -2.31. The highest BCUT2D eigenvalue weighted by atomic mass is 16.5. The van der Waals surface area contributed by atoms with E-state index in [4.69, 9.17) is 14.9 Å². The molecule has 3 atom stereocenters. The Kier molecular flexibility index (Phi) is 3.55. The topological polar surface area (TPSA) is 101 Å². The summed E-state index contributed by atoms with van der Waals surface area (Å²) in [6.07, 6.45) is 2.09. The first-order valence-corrected chi connectivity index (χ1v) is 5.20. The first kappa shape index (κ1) is 13.2. The number of carbonyl (C=O) groups excluding carboxylic acids is 1. The molecule has 3 unspecified atom stereocenters. The van der Waals surface area contributed by atoms with E-state index in [1.165, 1.54) is 6.08 Å². The molecule has 0 saturated heterocycles. The summed E-state index contributed by atoms with van der Waals surface area (Å²) in [6.45, 7) is 3.26. The highest BCUT2D eigenvalue weighted by molar-refractivity contribution is 6.04. The van der Waals surface area contributed by atoms with Crippen LogP contribution in [-0.4, -0.2) is 34.7 Å². The van der Waals surface area contributed by atoms with Gasteiger partial charge in [-0.1, -0.05) is 13.0 Å². The number of aliphatic carboxylic acids is 2. The van der Waals surface area contributed by atoms with Crippen molar-refractivity contribution in [1.82, 2.24) is 0 Å². The second-order valence-corrected chi connectivity index (χ2v) is 3.91. The van der Waals surface area contributed by atoms with Crippen molar-refractivity contribution in [3.63, 3.8) is 0 Å². The normalized spacial score (nSPS) is 31.2. The Hall–Kier alpha value is -1.85. The minimum atomic E-state index is -1.62. The molecule has 1 aliphatic carbocycles. The zero-order valence-electron chi connectivity index (χ0n) is 9.54. The molecule has 0 aromatic carbocycles. The van der Waals surface area contributed by atoms with Crippen LogP contribution in [0.4, 0.5) is 0 Å². The molecule has 1 aliphatic rings. The van der Waals surface area contributed by atoms with Crippen LogP contribution in [0.2, 0.25) is 0 Å². The predicted molar refractivity (Wildman–Crippen MR) is 56.1 cm³/mol. The van der Waals surface area contributed by atoms with Crippen LogP contribution < -0.4 is 0 Å². The van der Waals surface area contributed by atoms with E-state index in [9.17, 15) is 14.4 Å². The molecule has 6 heteroatoms. The minimum Gasteiger partial charge on any atom is -0.480 e. The molecule has 0 aromatic rings. The van der Waals surface area contributed by atoms with Gasteiger partial charge in [0.1, 0.15) is 0 Å². The Bertz CT molecular complexity index is 385. The van der Waals surface area contributed by atoms with E-state index in [1.54, 1.807) is 13.8 Å². The molecule has 0 aliphatic heterocycles. The molecule has 6 nitrogen and oxygen atoms in total. The van der Waals surface area contributed by atoms with Gasteiger partial charge in [-0.15, -0.1) is 0 Å². The van der Waals surface area contributed by atoms with Gasteiger partial charge in [0.05, 0.1) is 6.61 Å². The molecule has 0 amide bonds. The Morgan fingerprint density at radius 1 is 1.35 bits per heavy atom. The molecular weight excluding hydrogens is 228 g/mol. The van der Waals surface area contributed by atoms with Crippen molar-refractivity contribution >= 4 is 17.9 Å². The van der Waals surface area contributed by atoms with E-state index >= 15 is 0 Å². The smallest absolute Gasteiger partial charge is 0.327 e. The van der Waals surface area contributed by atoms with E-state index in [0.717, 1.165) is 6.08 Å². The quantitative estimate of drug-likeness (QED) is 0.414. The van der Waals surface area contributed by atoms with Crippen molar-refractivity contribution in [3.05, 3.63) is 12.2 Å². The van der Waals surface area contributed by atoms with E-state index in [2.05, 4.69) is 0 Å². The Morgan fingerprint density at radius 3 is 2.35 bits per heavy atom. The first-order valence-electron chi connectivity index (χ1n) is 5.20. The number of esters is 1. The second kappa shape index (κ2) is 4.57. The Morgan fingerprint density at radius 2 is 1.94 bits per heavy atom. The summed E-state index contributed by atoms with van der Waals surface area (Å²) < 4.78 is 4.74. The predicted octanol–water partition coefficient (Wildman–Crippen LogP) is 0.527. The van der Waals surface area contributed by atoms with Gasteiger partial charge < -0.3 is 14.9 Å². The summed E-state index contributed by atoms with van der Waals surface area (Å²) in [5.41, 5.74) is -1.62. The molecule has 0 spiro atoms. The van der Waals surface area contributed by atoms with Crippen LogP contribution in [0.1, 0.15) is 13.8 Å². The molecule has 94 valence electrons. The zero-order valence-corrected chi connectivity index (χ0v) is 9.54. The average molecular weight is 242 g/mol. The average Bonchev–Trinajstić information content (AvgIpc) is 2.82. The second-order valence-electron chi connectivity index (χ2n) is 3.91. The lowest BCUT2D eigenvalue weighted by atomic mass is 10.0. The lowest BCUT2D eigenvalue weighted by Gasteiger charge is -2.10. The van der Waals surface area contributed by atoms with Crippen molar-refractivity contribution in [2.45, 2.75) is 13.8 Å². The molecule has 17 heavy (non-hydrogen) atoms. The molecule has 1 rings (SSSR count). The van der Waals surface area contributed by atoms with Gasteiger partial charge in [0.25, 0.3) is 0 Å². The van der Waals surface area contributed by atoms with Crippen LogP contribution in [0.5, 0.6) is 0 Å². The van der Waals surface area contributed by atoms with Crippen LogP contribution in [0.3, 0.4) is 0 Å². The fourth-order valence-electron chi connectivity index (χ4n) is 2.10. The summed E-state index contributed by atoms with van der Waals surface area (Å²) >= 11 is 0. The third-order valence-electron chi connectivity index (χ3n) is 3.09. The maximum Gasteiger partial charge on any atom is 0.327 e. The maximum atomic E-state index is 11.6. The van der Waals surface area contributed by atoms with Crippen molar-refractivity contribution < 1.29 is 29.3 Å². The molecule has 0 bridgehead atoms. The summed E-state index contributed by atoms with van der Waals surface area (Å²) in [6, 6.07) is 0. The van der Waals surface area contributed by atoms with Crippen molar-refractivity contribution in [2.75, 3.05) is 6.61 Å². The highest BCUT2D eigenvalue weighted by Gasteiger charge is 2.72. The van der Waals surface area contributed by atoms with Crippen molar-refractivity contribution in [2.24, 2.45) is 17.3 Å². The van der Waals surface area contributed by atoms with Crippen molar-refractivity contribution in [3.8, 4) is 0 Å². The molecule has 1 fully saturated rings. The molecule has 2 N–H and O–H groups in total. The van der Waals surface area contributed by atoms with Crippen LogP contribution in [-0.2, 0) is 19.1 Å². The van der Waals surface area contributed by atoms with Crippen LogP contribution in [0, 0.1) is 17.3 Å². The third kappa shape index (κ3) is 2.02. The Balaban J connectivity index is 2.94. The number of allylic oxidation sites excluding steroid dienone is 1. The summed E-state index contributed by atoms with van der Waals surface area (Å²) in [4.78, 5) is 33.2. The third-order valence-corrected chi connectivity index (χ3v) is 3.09. The number of hydrogen-bond acceptors (Lipinski definition) is 4. The summed E-state index contributed by atoms with van der Waals surface area (Å²) in [7, 11) is 0. The number of hydrogen-bond donors (Lipinski definition) is 2. The zero-order chi connectivity index (χ0) is 13.2. The van der Waals surface area contributed by atoms with Crippen molar-refractivity contribution in [1.29, 1.82) is 0 Å². The largest absolute Gasteiger partial charge is 0.480 e. The van der Waals surface area contributed by atoms with Gasteiger partial charge in [-0.05, 0) is 12.8 Å². The van der Waals surface area contributed by atoms with E-state index in [1.807, 2.05) is 0 Å². The number of carbonyl (C=O) groups is 3. The van der Waals surface area contributed by atoms with Crippen LogP contribution >= 0.6 is 0 Å². The van der Waals surface area contributed by atoms with Gasteiger partial charge in [-0.3, -0.25) is 9.59 Å². The highest BCUT2D eigenvalue weighted by Crippen LogP contribution is 2.60. The van der Waals surface area contributed by atoms with Gasteiger partial charge >= 0.3 is 17.9 Å². The maximum absolute atomic E-state index is 11.6. The molecule has 0 aromatic heterocycles. The molecular formula is C11H14O6. The number of ether oxygens (including phenoxy) is 1. The fraction of sp³-hybridized carbons (Fsp3) is 0.545. The molecule has 1 saturated carbocycles. The van der Waals surface area contributed by atoms with Gasteiger partial charge in [0.2, 0.25) is 0 Å². The number of carboxylic acid groups (broad SMARTS) is 2. The number of carboxylic acids is 2. The van der Waals surface area contributed by atoms with E-state index < -0.39 is 35.2 Å². The minimum absolute atomic E-state index is 0.0932. The lowest BCUT2D eigenvalue weighted by molar-refractivity contribution is -0.162. The van der Waals surface area contributed by atoms with Gasteiger partial charge in [0, 0.05) is 12.0 Å². The van der Waals surface area contributed by atoms with E-state index in [0.29, 0.717) is 0 Å². The monoisotopic (exact) mass is 242 g/mol. The fourth-order valence-corrected chi connectivity index (χ4v) is 2.10. The first-order chi connectivity index (χ1) is 7.88. The van der Waals surface area contributed by atoms with Gasteiger partial charge in [-0.25, -0.2) is 4.79 Å².